The Morgan fingerprint density at radius 3 is 2.69 bits per heavy atom. The molecular weight excluding hydrogens is 328 g/mol. The van der Waals surface area contributed by atoms with Gasteiger partial charge in [0, 0.05) is 18.3 Å². The van der Waals surface area contributed by atoms with E-state index in [1.54, 1.807) is 11.9 Å². The van der Waals surface area contributed by atoms with Crippen molar-refractivity contribution in [2.75, 3.05) is 17.3 Å². The van der Waals surface area contributed by atoms with Crippen LogP contribution >= 0.6 is 0 Å². The van der Waals surface area contributed by atoms with Gasteiger partial charge >= 0.3 is 0 Å². The van der Waals surface area contributed by atoms with Crippen LogP contribution in [0.2, 0.25) is 0 Å². The maximum Gasteiger partial charge on any atom is 0.282 e. The van der Waals surface area contributed by atoms with Crippen LogP contribution in [0.15, 0.2) is 52.4 Å². The van der Waals surface area contributed by atoms with Crippen molar-refractivity contribution in [2.45, 2.75) is 19.5 Å². The summed E-state index contributed by atoms with van der Waals surface area (Å²) < 4.78 is 0. The number of nitrogens with zero attached hydrogens (tertiary/aromatic N) is 3. The highest BCUT2D eigenvalue weighted by molar-refractivity contribution is 6.14. The average Bonchev–Trinajstić information content (AvgIpc) is 2.81. The normalized spacial score (nSPS) is 21.2. The summed E-state index contributed by atoms with van der Waals surface area (Å²) in [5.41, 5.74) is 9.28. The van der Waals surface area contributed by atoms with Crippen LogP contribution in [0, 0.1) is 13.8 Å². The second kappa shape index (κ2) is 5.59. The van der Waals surface area contributed by atoms with E-state index in [0.29, 0.717) is 5.96 Å². The van der Waals surface area contributed by atoms with E-state index in [1.807, 2.05) is 56.3 Å². The van der Waals surface area contributed by atoms with E-state index in [4.69, 9.17) is 5.73 Å². The fourth-order valence-electron chi connectivity index (χ4n) is 3.35. The third-order valence-corrected chi connectivity index (χ3v) is 4.90. The standard InChI is InChI=1S/C19H20N6O/c1-11-7-6-9-14(12(11)2)21-18-22-17(20)23-19(24-18)13-8-4-5-10-15(13)25(3)16(19)26/h4-10H,1-3H3,(H4,20,21,22,23,24)/t19-/m0/s1. The quantitative estimate of drug-likeness (QED) is 0.732. The lowest BCUT2D eigenvalue weighted by atomic mass is 10.0. The van der Waals surface area contributed by atoms with Gasteiger partial charge in [0.05, 0.1) is 5.69 Å². The summed E-state index contributed by atoms with van der Waals surface area (Å²) in [6.45, 7) is 4.07. The number of amides is 1. The zero-order chi connectivity index (χ0) is 18.5. The first-order valence-electron chi connectivity index (χ1n) is 8.35. The molecule has 2 aliphatic heterocycles. The molecule has 0 fully saturated rings. The molecule has 0 unspecified atom stereocenters. The van der Waals surface area contributed by atoms with Gasteiger partial charge in [-0.1, -0.05) is 30.3 Å². The fourth-order valence-corrected chi connectivity index (χ4v) is 3.35. The van der Waals surface area contributed by atoms with Crippen LogP contribution in [0.1, 0.15) is 16.7 Å². The van der Waals surface area contributed by atoms with Crippen LogP contribution in [0.4, 0.5) is 11.4 Å². The second-order valence-electron chi connectivity index (χ2n) is 6.51. The lowest BCUT2D eigenvalue weighted by Crippen LogP contribution is -2.50. The topological polar surface area (TPSA) is 95.1 Å². The third-order valence-electron chi connectivity index (χ3n) is 4.90. The largest absolute Gasteiger partial charge is 0.370 e. The van der Waals surface area contributed by atoms with Crippen molar-refractivity contribution in [3.63, 3.8) is 0 Å². The first-order chi connectivity index (χ1) is 12.4. The summed E-state index contributed by atoms with van der Waals surface area (Å²) in [6.07, 6.45) is 0. The summed E-state index contributed by atoms with van der Waals surface area (Å²) in [4.78, 5) is 23.6. The van der Waals surface area contributed by atoms with Gasteiger partial charge in [-0.2, -0.15) is 0 Å². The molecule has 1 spiro atoms. The number of para-hydroxylation sites is 1. The number of aryl methyl sites for hydroxylation is 1. The molecule has 0 saturated carbocycles. The first-order valence-corrected chi connectivity index (χ1v) is 8.35. The van der Waals surface area contributed by atoms with E-state index in [1.165, 1.54) is 0 Å². The molecule has 0 aliphatic carbocycles. The number of guanidine groups is 2. The number of carbonyl (C=O) groups is 1. The zero-order valence-corrected chi connectivity index (χ0v) is 14.9. The van der Waals surface area contributed by atoms with Crippen LogP contribution < -0.4 is 21.3 Å². The predicted molar refractivity (Wildman–Crippen MR) is 103 cm³/mol. The second-order valence-corrected chi connectivity index (χ2v) is 6.51. The molecule has 0 bridgehead atoms. The number of fused-ring (bicyclic) bond motifs is 2. The van der Waals surface area contributed by atoms with Gasteiger partial charge < -0.3 is 16.0 Å². The molecule has 4 rings (SSSR count). The van der Waals surface area contributed by atoms with Gasteiger partial charge in [0.2, 0.25) is 5.96 Å². The number of hydrogen-bond acceptors (Lipinski definition) is 6. The smallest absolute Gasteiger partial charge is 0.282 e. The molecule has 2 aromatic carbocycles. The Bertz CT molecular complexity index is 980. The van der Waals surface area contributed by atoms with Crippen molar-refractivity contribution in [3.8, 4) is 0 Å². The Morgan fingerprint density at radius 1 is 1.12 bits per heavy atom. The molecule has 2 aliphatic rings. The van der Waals surface area contributed by atoms with E-state index in [9.17, 15) is 4.79 Å². The molecule has 2 heterocycles. The highest BCUT2D eigenvalue weighted by Crippen LogP contribution is 2.43. The highest BCUT2D eigenvalue weighted by atomic mass is 16.2. The lowest BCUT2D eigenvalue weighted by molar-refractivity contribution is -0.122. The monoisotopic (exact) mass is 348 g/mol. The van der Waals surface area contributed by atoms with Gasteiger partial charge in [-0.05, 0) is 37.1 Å². The van der Waals surface area contributed by atoms with Crippen molar-refractivity contribution >= 4 is 29.2 Å². The summed E-state index contributed by atoms with van der Waals surface area (Å²) in [5, 5.41) is 6.17. The maximum atomic E-state index is 13.0. The van der Waals surface area contributed by atoms with Crippen molar-refractivity contribution < 1.29 is 4.79 Å². The number of nitrogens with two attached hydrogens (primary N) is 1. The van der Waals surface area contributed by atoms with Gasteiger partial charge in [-0.3, -0.25) is 10.1 Å². The van der Waals surface area contributed by atoms with Crippen molar-refractivity contribution in [2.24, 2.45) is 15.7 Å². The minimum atomic E-state index is -1.39. The van der Waals surface area contributed by atoms with Gasteiger partial charge in [0.1, 0.15) is 0 Å². The Kier molecular flexibility index (Phi) is 3.47. The summed E-state index contributed by atoms with van der Waals surface area (Å²) in [5.74, 6) is 0.305. The fraction of sp³-hybridized carbons (Fsp3) is 0.211. The molecule has 4 N–H and O–H groups in total. The van der Waals surface area contributed by atoms with Crippen LogP contribution in [-0.4, -0.2) is 24.9 Å². The molecule has 0 aromatic heterocycles. The number of carbonyl (C=O) groups excluding carboxylic acids is 1. The van der Waals surface area contributed by atoms with Crippen molar-refractivity contribution in [1.29, 1.82) is 0 Å². The van der Waals surface area contributed by atoms with Crippen LogP contribution in [0.5, 0.6) is 0 Å². The van der Waals surface area contributed by atoms with E-state index < -0.39 is 5.66 Å². The van der Waals surface area contributed by atoms with Gasteiger partial charge in [0.15, 0.2) is 5.96 Å². The van der Waals surface area contributed by atoms with Gasteiger partial charge in [-0.15, -0.1) is 0 Å². The number of anilines is 2. The Hall–Kier alpha value is -3.35. The molecule has 0 radical (unpaired) electrons. The summed E-state index contributed by atoms with van der Waals surface area (Å²) >= 11 is 0. The summed E-state index contributed by atoms with van der Waals surface area (Å²) in [6, 6.07) is 13.5. The van der Waals surface area contributed by atoms with Crippen molar-refractivity contribution in [1.82, 2.24) is 5.32 Å². The van der Waals surface area contributed by atoms with E-state index in [0.717, 1.165) is 28.1 Å². The van der Waals surface area contributed by atoms with Gasteiger partial charge in [0.25, 0.3) is 11.6 Å². The molecule has 2 aromatic rings. The average molecular weight is 348 g/mol. The van der Waals surface area contributed by atoms with E-state index >= 15 is 0 Å². The molecule has 7 nitrogen and oxygen atoms in total. The first kappa shape index (κ1) is 16.1. The minimum absolute atomic E-state index is 0.145. The number of hydrogen-bond donors (Lipinski definition) is 3. The van der Waals surface area contributed by atoms with Gasteiger partial charge in [-0.25, -0.2) is 9.98 Å². The molecule has 132 valence electrons. The Balaban J connectivity index is 1.81. The van der Waals surface area contributed by atoms with E-state index in [2.05, 4.69) is 20.6 Å². The third kappa shape index (κ3) is 2.24. The number of rotatable bonds is 1. The number of likely N-dealkylation sites (N-methyl/N-ethyl adjacent to an activating group) is 1. The molecule has 7 heteroatoms. The summed E-state index contributed by atoms with van der Waals surface area (Å²) in [7, 11) is 1.72. The van der Waals surface area contributed by atoms with E-state index in [-0.39, 0.29) is 11.9 Å². The Labute approximate surface area is 151 Å². The Morgan fingerprint density at radius 2 is 1.88 bits per heavy atom. The number of benzene rings is 2. The SMILES string of the molecule is Cc1cccc(NC2=N[C@]3(N=C(N)N2)C(=O)N(C)c2ccccc23)c1C. The molecule has 0 saturated heterocycles. The molecule has 26 heavy (non-hydrogen) atoms. The highest BCUT2D eigenvalue weighted by Gasteiger charge is 2.52. The van der Waals surface area contributed by atoms with Crippen LogP contribution in [-0.2, 0) is 10.5 Å². The zero-order valence-electron chi connectivity index (χ0n) is 14.9. The number of aliphatic imine (C=N–C) groups is 2. The lowest BCUT2D eigenvalue weighted by Gasteiger charge is -2.27. The minimum Gasteiger partial charge on any atom is -0.370 e. The van der Waals surface area contributed by atoms with Crippen LogP contribution in [0.3, 0.4) is 0 Å². The number of nitrogens with one attached hydrogen (secondary N) is 2. The molecular formula is C19H20N6O. The predicted octanol–water partition coefficient (Wildman–Crippen LogP) is 1.82. The van der Waals surface area contributed by atoms with Crippen LogP contribution in [0.25, 0.3) is 0 Å². The molecule has 1 amide bonds. The molecule has 1 atom stereocenters. The van der Waals surface area contributed by atoms with Crippen molar-refractivity contribution in [3.05, 3.63) is 59.2 Å². The maximum absolute atomic E-state index is 13.0.